The van der Waals surface area contributed by atoms with Gasteiger partial charge >= 0.3 is 0 Å². The Kier molecular flexibility index (Phi) is 8.26. The topological polar surface area (TPSA) is 101 Å². The smallest absolute Gasteiger partial charge is 0.253 e. The van der Waals surface area contributed by atoms with E-state index in [-0.39, 0.29) is 11.8 Å². The van der Waals surface area contributed by atoms with Gasteiger partial charge in [-0.25, -0.2) is 4.98 Å². The average molecular weight is 518 g/mol. The van der Waals surface area contributed by atoms with Crippen molar-refractivity contribution < 1.29 is 9.59 Å². The molecule has 1 unspecified atom stereocenters. The number of unbranched alkanes of at least 4 members (excludes halogenated alkanes) is 1. The summed E-state index contributed by atoms with van der Waals surface area (Å²) in [5.41, 5.74) is 10.9. The maximum Gasteiger partial charge on any atom is 0.253 e. The Hall–Kier alpha value is -3.10. The SMILES string of the molecule is NC(C(=O)NCCCCC1CCN(C(=O)c2ccc3ncsc3c2)CC1)C1=c2cnccc2=CCCC1. The minimum atomic E-state index is -0.631. The maximum absolute atomic E-state index is 12.9. The summed E-state index contributed by atoms with van der Waals surface area (Å²) in [6.07, 6.45) is 13.8. The van der Waals surface area contributed by atoms with E-state index in [9.17, 15) is 9.59 Å². The Bertz CT molecular complexity index is 1380. The van der Waals surface area contributed by atoms with Crippen molar-refractivity contribution in [2.45, 2.75) is 57.4 Å². The molecule has 5 rings (SSSR count). The van der Waals surface area contributed by atoms with E-state index in [0.29, 0.717) is 12.5 Å². The molecule has 194 valence electrons. The Morgan fingerprint density at radius 1 is 1.19 bits per heavy atom. The third-order valence-corrected chi connectivity index (χ3v) is 8.48. The van der Waals surface area contributed by atoms with Gasteiger partial charge in [0.15, 0.2) is 0 Å². The number of rotatable bonds is 8. The molecule has 7 nitrogen and oxygen atoms in total. The lowest BCUT2D eigenvalue weighted by molar-refractivity contribution is -0.121. The van der Waals surface area contributed by atoms with Crippen LogP contribution in [0.2, 0.25) is 0 Å². The van der Waals surface area contributed by atoms with Crippen LogP contribution in [0.4, 0.5) is 0 Å². The van der Waals surface area contributed by atoms with E-state index in [1.807, 2.05) is 40.9 Å². The van der Waals surface area contributed by atoms with Gasteiger partial charge in [0.1, 0.15) is 6.04 Å². The van der Waals surface area contributed by atoms with Crippen LogP contribution in [0.1, 0.15) is 61.7 Å². The molecule has 0 spiro atoms. The molecule has 1 atom stereocenters. The number of thiazole rings is 1. The van der Waals surface area contributed by atoms with Crippen molar-refractivity contribution in [3.8, 4) is 0 Å². The van der Waals surface area contributed by atoms with Crippen molar-refractivity contribution in [1.82, 2.24) is 20.2 Å². The van der Waals surface area contributed by atoms with Crippen molar-refractivity contribution in [3.05, 3.63) is 58.2 Å². The van der Waals surface area contributed by atoms with E-state index < -0.39 is 6.04 Å². The molecule has 1 aliphatic heterocycles. The second-order valence-corrected chi connectivity index (χ2v) is 11.0. The molecule has 0 saturated carbocycles. The zero-order valence-corrected chi connectivity index (χ0v) is 22.0. The molecule has 2 amide bonds. The molecule has 1 fully saturated rings. The summed E-state index contributed by atoms with van der Waals surface area (Å²) < 4.78 is 1.06. The molecule has 3 heterocycles. The first-order valence-electron chi connectivity index (χ1n) is 13.4. The number of likely N-dealkylation sites (tertiary alicyclic amines) is 1. The predicted molar refractivity (Wildman–Crippen MR) is 148 cm³/mol. The molecule has 1 aromatic carbocycles. The van der Waals surface area contributed by atoms with Crippen molar-refractivity contribution >= 4 is 45.0 Å². The van der Waals surface area contributed by atoms with Gasteiger partial charge in [-0.3, -0.25) is 14.6 Å². The third kappa shape index (κ3) is 6.08. The van der Waals surface area contributed by atoms with Crippen LogP contribution in [-0.2, 0) is 4.79 Å². The molecule has 8 heteroatoms. The van der Waals surface area contributed by atoms with Crippen molar-refractivity contribution in [1.29, 1.82) is 0 Å². The Labute approximate surface area is 221 Å². The summed E-state index contributed by atoms with van der Waals surface area (Å²) >= 11 is 1.57. The number of benzene rings is 1. The first-order chi connectivity index (χ1) is 18.1. The minimum absolute atomic E-state index is 0.102. The van der Waals surface area contributed by atoms with Crippen LogP contribution in [0, 0.1) is 5.92 Å². The number of hydrogen-bond acceptors (Lipinski definition) is 6. The summed E-state index contributed by atoms with van der Waals surface area (Å²) in [4.78, 5) is 36.2. The summed E-state index contributed by atoms with van der Waals surface area (Å²) in [6.45, 7) is 2.26. The molecule has 1 saturated heterocycles. The van der Waals surface area contributed by atoms with E-state index in [0.717, 1.165) is 96.2 Å². The van der Waals surface area contributed by atoms with E-state index in [4.69, 9.17) is 5.73 Å². The van der Waals surface area contributed by atoms with Gasteiger partial charge in [0.25, 0.3) is 5.91 Å². The number of pyridine rings is 1. The highest BCUT2D eigenvalue weighted by Crippen LogP contribution is 2.25. The van der Waals surface area contributed by atoms with Gasteiger partial charge in [0.05, 0.1) is 15.7 Å². The lowest BCUT2D eigenvalue weighted by atomic mass is 9.91. The van der Waals surface area contributed by atoms with Gasteiger partial charge in [-0.15, -0.1) is 11.3 Å². The number of piperidine rings is 1. The number of nitrogens with zero attached hydrogens (tertiary/aromatic N) is 3. The van der Waals surface area contributed by atoms with Crippen LogP contribution < -0.4 is 21.5 Å². The van der Waals surface area contributed by atoms with E-state index in [1.165, 1.54) is 0 Å². The molecule has 0 bridgehead atoms. The second kappa shape index (κ2) is 12.0. The maximum atomic E-state index is 12.9. The molecular weight excluding hydrogens is 482 g/mol. The standard InChI is InChI=1S/C29H35N5O2S/c30-27(23-7-2-1-6-21-10-14-31-18-24(21)23)28(35)32-13-4-3-5-20-11-15-34(16-12-20)29(36)22-8-9-25-26(17-22)37-19-33-25/h6,8-10,14,17-20,27H,1-5,7,11-13,15-16,30H2,(H,32,35). The molecule has 3 aromatic rings. The molecule has 37 heavy (non-hydrogen) atoms. The van der Waals surface area contributed by atoms with Crippen LogP contribution >= 0.6 is 11.3 Å². The molecule has 2 aromatic heterocycles. The zero-order chi connectivity index (χ0) is 25.6. The van der Waals surface area contributed by atoms with Crippen LogP contribution in [0.5, 0.6) is 0 Å². The highest BCUT2D eigenvalue weighted by Gasteiger charge is 2.24. The van der Waals surface area contributed by atoms with Crippen LogP contribution in [0.3, 0.4) is 0 Å². The summed E-state index contributed by atoms with van der Waals surface area (Å²) in [5.74, 6) is 0.651. The van der Waals surface area contributed by atoms with Crippen LogP contribution in [0.25, 0.3) is 21.9 Å². The summed E-state index contributed by atoms with van der Waals surface area (Å²) in [7, 11) is 0. The van der Waals surface area contributed by atoms with E-state index >= 15 is 0 Å². The summed E-state index contributed by atoms with van der Waals surface area (Å²) in [6, 6.07) is 7.14. The Morgan fingerprint density at radius 2 is 2.05 bits per heavy atom. The lowest BCUT2D eigenvalue weighted by Gasteiger charge is -2.32. The van der Waals surface area contributed by atoms with Gasteiger partial charge in [0, 0.05) is 42.8 Å². The van der Waals surface area contributed by atoms with E-state index in [1.54, 1.807) is 17.5 Å². The van der Waals surface area contributed by atoms with Gasteiger partial charge in [-0.2, -0.15) is 0 Å². The molecule has 3 N–H and O–H groups in total. The van der Waals surface area contributed by atoms with Crippen molar-refractivity contribution in [2.75, 3.05) is 19.6 Å². The zero-order valence-electron chi connectivity index (χ0n) is 21.2. The number of amides is 2. The largest absolute Gasteiger partial charge is 0.354 e. The number of nitrogens with one attached hydrogen (secondary N) is 1. The van der Waals surface area contributed by atoms with Gasteiger partial charge in [-0.05, 0) is 79.5 Å². The Morgan fingerprint density at radius 3 is 2.92 bits per heavy atom. The normalized spacial score (nSPS) is 17.1. The molecule has 2 aliphatic rings. The van der Waals surface area contributed by atoms with Crippen LogP contribution in [-0.4, -0.2) is 52.4 Å². The second-order valence-electron chi connectivity index (χ2n) is 10.1. The number of nitrogens with two attached hydrogens (primary N) is 1. The first kappa shape index (κ1) is 25.5. The highest BCUT2D eigenvalue weighted by molar-refractivity contribution is 7.16. The quantitative estimate of drug-likeness (QED) is 0.448. The fourth-order valence-corrected chi connectivity index (χ4v) is 6.21. The number of carbonyl (C=O) groups is 2. The van der Waals surface area contributed by atoms with Crippen molar-refractivity contribution in [3.63, 3.8) is 0 Å². The van der Waals surface area contributed by atoms with Gasteiger partial charge in [-0.1, -0.05) is 18.9 Å². The molecule has 0 radical (unpaired) electrons. The molecular formula is C29H35N5O2S. The highest BCUT2D eigenvalue weighted by atomic mass is 32.1. The third-order valence-electron chi connectivity index (χ3n) is 7.69. The first-order valence-corrected chi connectivity index (χ1v) is 14.3. The minimum Gasteiger partial charge on any atom is -0.354 e. The fraction of sp³-hybridized carbons (Fsp3) is 0.448. The number of aromatic nitrogens is 2. The number of fused-ring (bicyclic) bond motifs is 2. The lowest BCUT2D eigenvalue weighted by Crippen LogP contribution is -2.45. The number of carbonyl (C=O) groups excluding carboxylic acids is 2. The average Bonchev–Trinajstić information content (AvgIpc) is 3.30. The molecule has 1 aliphatic carbocycles. The predicted octanol–water partition coefficient (Wildman–Crippen LogP) is 2.97. The fourth-order valence-electron chi connectivity index (χ4n) is 5.49. The van der Waals surface area contributed by atoms with Gasteiger partial charge < -0.3 is 16.0 Å². The van der Waals surface area contributed by atoms with E-state index in [2.05, 4.69) is 21.4 Å². The Balaban J connectivity index is 1.03. The van der Waals surface area contributed by atoms with Gasteiger partial charge in [0.2, 0.25) is 5.91 Å². The van der Waals surface area contributed by atoms with Crippen LogP contribution in [0.15, 0.2) is 42.2 Å². The van der Waals surface area contributed by atoms with Crippen molar-refractivity contribution in [2.24, 2.45) is 11.7 Å². The number of hydrogen-bond donors (Lipinski definition) is 2. The summed E-state index contributed by atoms with van der Waals surface area (Å²) in [5, 5.41) is 5.18. The monoisotopic (exact) mass is 517 g/mol.